The number of benzene rings is 1. The van der Waals surface area contributed by atoms with Crippen molar-refractivity contribution in [3.63, 3.8) is 0 Å². The highest BCUT2D eigenvalue weighted by atomic mass is 32.1. The predicted molar refractivity (Wildman–Crippen MR) is 91.0 cm³/mol. The standard InChI is InChI=1S/C17H12N4O3S/c1-2-6-18-12(3-1)15-8-21-16(19-20-17(21)25-15)9-22-11-4-5-13-14(7-11)24-10-23-13/h1-8H,9-10H2. The van der Waals surface area contributed by atoms with E-state index in [1.54, 1.807) is 17.5 Å². The molecule has 0 unspecified atom stereocenters. The summed E-state index contributed by atoms with van der Waals surface area (Å²) >= 11 is 1.54. The Balaban J connectivity index is 1.39. The van der Waals surface area contributed by atoms with Gasteiger partial charge in [0.1, 0.15) is 12.4 Å². The molecule has 0 saturated carbocycles. The molecule has 4 heterocycles. The number of rotatable bonds is 4. The van der Waals surface area contributed by atoms with Crippen LogP contribution >= 0.6 is 11.3 Å². The molecule has 0 N–H and O–H groups in total. The lowest BCUT2D eigenvalue weighted by Gasteiger charge is -2.05. The molecule has 0 atom stereocenters. The lowest BCUT2D eigenvalue weighted by atomic mass is 10.3. The number of fused-ring (bicyclic) bond motifs is 2. The second-order valence-corrected chi connectivity index (χ2v) is 6.39. The van der Waals surface area contributed by atoms with E-state index < -0.39 is 0 Å². The van der Waals surface area contributed by atoms with Crippen LogP contribution in [0.3, 0.4) is 0 Å². The van der Waals surface area contributed by atoms with Gasteiger partial charge in [0, 0.05) is 18.5 Å². The Morgan fingerprint density at radius 3 is 3.00 bits per heavy atom. The fourth-order valence-corrected chi connectivity index (χ4v) is 3.51. The molecule has 124 valence electrons. The van der Waals surface area contributed by atoms with E-state index in [0.717, 1.165) is 27.1 Å². The van der Waals surface area contributed by atoms with Crippen LogP contribution in [-0.2, 0) is 6.61 Å². The first-order valence-electron chi connectivity index (χ1n) is 7.64. The summed E-state index contributed by atoms with van der Waals surface area (Å²) in [5.74, 6) is 2.85. The van der Waals surface area contributed by atoms with Crippen LogP contribution in [0.1, 0.15) is 5.82 Å². The fraction of sp³-hybridized carbons (Fsp3) is 0.118. The van der Waals surface area contributed by atoms with Crippen LogP contribution in [0, 0.1) is 0 Å². The zero-order chi connectivity index (χ0) is 16.6. The minimum absolute atomic E-state index is 0.245. The van der Waals surface area contributed by atoms with Crippen molar-refractivity contribution in [3.05, 3.63) is 54.6 Å². The molecular formula is C17H12N4O3S. The fourth-order valence-electron chi connectivity index (χ4n) is 2.59. The monoisotopic (exact) mass is 352 g/mol. The van der Waals surface area contributed by atoms with E-state index in [1.807, 2.05) is 47.0 Å². The zero-order valence-corrected chi connectivity index (χ0v) is 13.8. The van der Waals surface area contributed by atoms with Gasteiger partial charge in [-0.05, 0) is 24.3 Å². The van der Waals surface area contributed by atoms with Crippen molar-refractivity contribution in [1.29, 1.82) is 0 Å². The highest BCUT2D eigenvalue weighted by Gasteiger charge is 2.15. The molecule has 0 bridgehead atoms. The number of thiazole rings is 1. The van der Waals surface area contributed by atoms with Crippen LogP contribution < -0.4 is 14.2 Å². The first kappa shape index (κ1) is 14.2. The van der Waals surface area contributed by atoms with Gasteiger partial charge in [-0.1, -0.05) is 17.4 Å². The van der Waals surface area contributed by atoms with Crippen molar-refractivity contribution in [3.8, 4) is 27.8 Å². The summed E-state index contributed by atoms with van der Waals surface area (Å²) in [7, 11) is 0. The van der Waals surface area contributed by atoms with Gasteiger partial charge in [-0.3, -0.25) is 9.38 Å². The van der Waals surface area contributed by atoms with Crippen molar-refractivity contribution in [2.24, 2.45) is 0 Å². The van der Waals surface area contributed by atoms with Gasteiger partial charge < -0.3 is 14.2 Å². The number of hydrogen-bond acceptors (Lipinski definition) is 7. The van der Waals surface area contributed by atoms with Gasteiger partial charge in [0.05, 0.1) is 10.6 Å². The average Bonchev–Trinajstić information content (AvgIpc) is 3.36. The number of aromatic nitrogens is 4. The summed E-state index contributed by atoms with van der Waals surface area (Å²) in [5, 5.41) is 8.41. The van der Waals surface area contributed by atoms with Crippen molar-refractivity contribution in [1.82, 2.24) is 19.6 Å². The summed E-state index contributed by atoms with van der Waals surface area (Å²) in [6, 6.07) is 11.3. The summed E-state index contributed by atoms with van der Waals surface area (Å²) in [6.07, 6.45) is 3.76. The van der Waals surface area contributed by atoms with E-state index in [4.69, 9.17) is 14.2 Å². The maximum absolute atomic E-state index is 5.83. The maximum Gasteiger partial charge on any atom is 0.231 e. The van der Waals surface area contributed by atoms with E-state index >= 15 is 0 Å². The highest BCUT2D eigenvalue weighted by molar-refractivity contribution is 7.20. The largest absolute Gasteiger partial charge is 0.485 e. The van der Waals surface area contributed by atoms with E-state index in [1.165, 1.54) is 0 Å². The predicted octanol–water partition coefficient (Wildman–Crippen LogP) is 3.16. The summed E-state index contributed by atoms with van der Waals surface area (Å²) in [6.45, 7) is 0.550. The number of ether oxygens (including phenoxy) is 3. The minimum atomic E-state index is 0.245. The van der Waals surface area contributed by atoms with Gasteiger partial charge >= 0.3 is 0 Å². The molecule has 1 aliphatic rings. The third kappa shape index (κ3) is 2.56. The normalized spacial score (nSPS) is 12.6. The van der Waals surface area contributed by atoms with E-state index in [0.29, 0.717) is 18.1 Å². The van der Waals surface area contributed by atoms with Crippen LogP contribution in [0.4, 0.5) is 0 Å². The Kier molecular flexibility index (Phi) is 3.27. The maximum atomic E-state index is 5.83. The summed E-state index contributed by atoms with van der Waals surface area (Å²) < 4.78 is 18.4. The third-order valence-electron chi connectivity index (χ3n) is 3.81. The number of hydrogen-bond donors (Lipinski definition) is 0. The Hall–Kier alpha value is -3.13. The second-order valence-electron chi connectivity index (χ2n) is 5.38. The molecule has 1 aromatic carbocycles. The minimum Gasteiger partial charge on any atom is -0.485 e. The van der Waals surface area contributed by atoms with Gasteiger partial charge in [-0.25, -0.2) is 0 Å². The Morgan fingerprint density at radius 1 is 1.12 bits per heavy atom. The smallest absolute Gasteiger partial charge is 0.231 e. The topological polar surface area (TPSA) is 70.8 Å². The van der Waals surface area contributed by atoms with Crippen LogP contribution in [-0.4, -0.2) is 26.4 Å². The van der Waals surface area contributed by atoms with Crippen LogP contribution in [0.15, 0.2) is 48.8 Å². The molecule has 0 saturated heterocycles. The second kappa shape index (κ2) is 5.75. The van der Waals surface area contributed by atoms with Gasteiger partial charge in [-0.2, -0.15) is 0 Å². The van der Waals surface area contributed by atoms with Gasteiger partial charge in [0.15, 0.2) is 17.3 Å². The van der Waals surface area contributed by atoms with Crippen LogP contribution in [0.2, 0.25) is 0 Å². The molecule has 3 aromatic heterocycles. The van der Waals surface area contributed by atoms with E-state index in [9.17, 15) is 0 Å². The van der Waals surface area contributed by atoms with Gasteiger partial charge in [0.25, 0.3) is 0 Å². The molecule has 0 aliphatic carbocycles. The molecule has 5 rings (SSSR count). The first-order valence-corrected chi connectivity index (χ1v) is 8.46. The highest BCUT2D eigenvalue weighted by Crippen LogP contribution is 2.35. The molecule has 1 aliphatic heterocycles. The molecule has 0 fully saturated rings. The molecule has 7 nitrogen and oxygen atoms in total. The quantitative estimate of drug-likeness (QED) is 0.562. The first-order chi connectivity index (χ1) is 12.4. The Morgan fingerprint density at radius 2 is 2.08 bits per heavy atom. The average molecular weight is 352 g/mol. The SMILES string of the molecule is c1ccc(-c2cn3c(COc4ccc5c(c4)OCO5)nnc3s2)nc1. The van der Waals surface area contributed by atoms with E-state index in [2.05, 4.69) is 15.2 Å². The molecule has 0 amide bonds. The van der Waals surface area contributed by atoms with Crippen molar-refractivity contribution in [2.75, 3.05) is 6.79 Å². The zero-order valence-electron chi connectivity index (χ0n) is 13.0. The summed E-state index contributed by atoms with van der Waals surface area (Å²) in [5.41, 5.74) is 0.917. The summed E-state index contributed by atoms with van der Waals surface area (Å²) in [4.78, 5) is 6.22. The van der Waals surface area contributed by atoms with Crippen LogP contribution in [0.5, 0.6) is 17.2 Å². The molecule has 8 heteroatoms. The van der Waals surface area contributed by atoms with Crippen molar-refractivity contribution >= 4 is 16.3 Å². The molecule has 0 spiro atoms. The Labute approximate surface area is 146 Å². The van der Waals surface area contributed by atoms with Crippen LogP contribution in [0.25, 0.3) is 15.5 Å². The lowest BCUT2D eigenvalue weighted by Crippen LogP contribution is -2.00. The van der Waals surface area contributed by atoms with Crippen molar-refractivity contribution < 1.29 is 14.2 Å². The van der Waals surface area contributed by atoms with Crippen molar-refractivity contribution in [2.45, 2.75) is 6.61 Å². The molecule has 25 heavy (non-hydrogen) atoms. The lowest BCUT2D eigenvalue weighted by molar-refractivity contribution is 0.173. The van der Waals surface area contributed by atoms with Gasteiger partial charge in [-0.15, -0.1) is 10.2 Å². The third-order valence-corrected chi connectivity index (χ3v) is 4.81. The molecular weight excluding hydrogens is 340 g/mol. The Bertz CT molecular complexity index is 1040. The van der Waals surface area contributed by atoms with Gasteiger partial charge in [0.2, 0.25) is 11.8 Å². The number of pyridine rings is 1. The molecule has 4 aromatic rings. The van der Waals surface area contributed by atoms with E-state index in [-0.39, 0.29) is 6.79 Å². The molecule has 0 radical (unpaired) electrons. The number of nitrogens with zero attached hydrogens (tertiary/aromatic N) is 4.